The summed E-state index contributed by atoms with van der Waals surface area (Å²) in [5.74, 6) is -2.40. The van der Waals surface area contributed by atoms with Crippen molar-refractivity contribution in [1.29, 1.82) is 0 Å². The van der Waals surface area contributed by atoms with Gasteiger partial charge in [-0.2, -0.15) is 0 Å². The molecule has 2 aromatic carbocycles. The second kappa shape index (κ2) is 8.64. The molecule has 0 aliphatic carbocycles. The number of nitrogens with zero attached hydrogens (tertiary/aromatic N) is 2. The monoisotopic (exact) mass is 411 g/mol. The molecule has 0 bridgehead atoms. The Balaban J connectivity index is 1.76. The average molecular weight is 411 g/mol. The van der Waals surface area contributed by atoms with Gasteiger partial charge in [-0.25, -0.2) is 9.18 Å². The van der Waals surface area contributed by atoms with Crippen LogP contribution in [0.4, 0.5) is 15.8 Å². The highest BCUT2D eigenvalue weighted by Gasteiger charge is 2.20. The number of pyridine rings is 1. The van der Waals surface area contributed by atoms with E-state index in [-0.39, 0.29) is 16.9 Å². The number of hydrogen-bond acceptors (Lipinski definition) is 6. The van der Waals surface area contributed by atoms with Gasteiger partial charge in [0.2, 0.25) is 0 Å². The second-order valence-corrected chi connectivity index (χ2v) is 6.47. The first kappa shape index (κ1) is 20.8. The number of anilines is 1. The fourth-order valence-electron chi connectivity index (χ4n) is 3.08. The van der Waals surface area contributed by atoms with Gasteiger partial charge in [0.05, 0.1) is 27.4 Å². The van der Waals surface area contributed by atoms with Crippen molar-refractivity contribution in [2.45, 2.75) is 20.3 Å². The van der Waals surface area contributed by atoms with Gasteiger partial charge >= 0.3 is 5.97 Å². The van der Waals surface area contributed by atoms with Gasteiger partial charge in [-0.1, -0.05) is 25.1 Å². The van der Waals surface area contributed by atoms with E-state index in [0.29, 0.717) is 17.7 Å². The molecule has 9 heteroatoms. The van der Waals surface area contributed by atoms with E-state index < -0.39 is 29.2 Å². The van der Waals surface area contributed by atoms with Crippen LogP contribution in [0.2, 0.25) is 0 Å². The van der Waals surface area contributed by atoms with Crippen LogP contribution in [-0.2, 0) is 16.0 Å². The van der Waals surface area contributed by atoms with Crippen LogP contribution in [0, 0.1) is 22.9 Å². The lowest BCUT2D eigenvalue weighted by atomic mass is 10.0. The number of nitro benzene ring substituents is 1. The number of aryl methyl sites for hydroxylation is 2. The SMILES string of the molecule is CCc1nc2ccccc2c(C)c1C(=O)OCC(=O)Nc1cc([N+](=O)[O-])ccc1F. The molecule has 1 N–H and O–H groups in total. The number of aromatic nitrogens is 1. The molecule has 154 valence electrons. The van der Waals surface area contributed by atoms with E-state index in [1.165, 1.54) is 0 Å². The van der Waals surface area contributed by atoms with Crippen LogP contribution in [0.1, 0.15) is 28.5 Å². The van der Waals surface area contributed by atoms with E-state index in [9.17, 15) is 24.1 Å². The summed E-state index contributed by atoms with van der Waals surface area (Å²) in [6.07, 6.45) is 0.487. The summed E-state index contributed by atoms with van der Waals surface area (Å²) < 4.78 is 18.9. The van der Waals surface area contributed by atoms with E-state index in [4.69, 9.17) is 4.74 Å². The molecule has 30 heavy (non-hydrogen) atoms. The number of non-ortho nitro benzene ring substituents is 1. The molecule has 0 unspecified atom stereocenters. The zero-order valence-corrected chi connectivity index (χ0v) is 16.3. The van der Waals surface area contributed by atoms with Gasteiger partial charge in [0.25, 0.3) is 11.6 Å². The van der Waals surface area contributed by atoms with Gasteiger partial charge in [0.1, 0.15) is 5.82 Å². The summed E-state index contributed by atoms with van der Waals surface area (Å²) in [4.78, 5) is 39.3. The molecule has 8 nitrogen and oxygen atoms in total. The molecule has 0 aliphatic heterocycles. The Morgan fingerprint density at radius 3 is 2.67 bits per heavy atom. The summed E-state index contributed by atoms with van der Waals surface area (Å²) in [5, 5.41) is 13.8. The summed E-state index contributed by atoms with van der Waals surface area (Å²) in [5.41, 5.74) is 1.51. The van der Waals surface area contributed by atoms with Crippen LogP contribution in [0.25, 0.3) is 10.9 Å². The maximum absolute atomic E-state index is 13.8. The number of nitro groups is 1. The molecule has 0 fully saturated rings. The molecular weight excluding hydrogens is 393 g/mol. The molecule has 0 atom stereocenters. The molecule has 0 radical (unpaired) electrons. The summed E-state index contributed by atoms with van der Waals surface area (Å²) >= 11 is 0. The second-order valence-electron chi connectivity index (χ2n) is 6.47. The lowest BCUT2D eigenvalue weighted by molar-refractivity contribution is -0.384. The van der Waals surface area contributed by atoms with Gasteiger partial charge in [0, 0.05) is 17.5 Å². The Morgan fingerprint density at radius 2 is 1.97 bits per heavy atom. The Labute approximate surface area is 170 Å². The molecule has 0 aliphatic rings. The van der Waals surface area contributed by atoms with Gasteiger partial charge in [-0.05, 0) is 31.0 Å². The van der Waals surface area contributed by atoms with Gasteiger partial charge in [-0.3, -0.25) is 19.9 Å². The highest BCUT2D eigenvalue weighted by atomic mass is 19.1. The first-order valence-corrected chi connectivity index (χ1v) is 9.11. The lowest BCUT2D eigenvalue weighted by Gasteiger charge is -2.13. The molecule has 0 saturated carbocycles. The third-order valence-electron chi connectivity index (χ3n) is 4.54. The fourth-order valence-corrected chi connectivity index (χ4v) is 3.08. The largest absolute Gasteiger partial charge is 0.452 e. The highest BCUT2D eigenvalue weighted by molar-refractivity contribution is 6.00. The molecule has 1 amide bonds. The number of carbonyl (C=O) groups excluding carboxylic acids is 2. The minimum atomic E-state index is -0.844. The predicted octanol–water partition coefficient (Wildman–Crippen LogP) is 3.95. The predicted molar refractivity (Wildman–Crippen MR) is 108 cm³/mol. The van der Waals surface area contributed by atoms with E-state index >= 15 is 0 Å². The normalized spacial score (nSPS) is 10.6. The summed E-state index contributed by atoms with van der Waals surface area (Å²) in [6, 6.07) is 10.1. The Kier molecular flexibility index (Phi) is 6.01. The number of rotatable bonds is 6. The molecular formula is C21H18FN3O5. The first-order valence-electron chi connectivity index (χ1n) is 9.11. The average Bonchev–Trinajstić information content (AvgIpc) is 2.73. The Hall–Kier alpha value is -3.88. The summed E-state index contributed by atoms with van der Waals surface area (Å²) in [7, 11) is 0. The number of hydrogen-bond donors (Lipinski definition) is 1. The van der Waals surface area contributed by atoms with Crippen molar-refractivity contribution in [2.24, 2.45) is 0 Å². The van der Waals surface area contributed by atoms with Crippen molar-refractivity contribution in [3.8, 4) is 0 Å². The van der Waals surface area contributed by atoms with Crippen molar-refractivity contribution in [3.63, 3.8) is 0 Å². The zero-order valence-electron chi connectivity index (χ0n) is 16.3. The molecule has 0 saturated heterocycles. The number of nitrogens with one attached hydrogen (secondary N) is 1. The maximum atomic E-state index is 13.8. The van der Waals surface area contributed by atoms with Gasteiger partial charge < -0.3 is 10.1 Å². The molecule has 1 aromatic heterocycles. The number of esters is 1. The van der Waals surface area contributed by atoms with E-state index in [0.717, 1.165) is 29.1 Å². The number of amides is 1. The smallest absolute Gasteiger partial charge is 0.340 e. The first-order chi connectivity index (χ1) is 14.3. The highest BCUT2D eigenvalue weighted by Crippen LogP contribution is 2.24. The van der Waals surface area contributed by atoms with Crippen molar-refractivity contribution < 1.29 is 23.6 Å². The van der Waals surface area contributed by atoms with Crippen LogP contribution in [0.3, 0.4) is 0 Å². The van der Waals surface area contributed by atoms with Crippen LogP contribution in [-0.4, -0.2) is 28.4 Å². The van der Waals surface area contributed by atoms with E-state index in [1.54, 1.807) is 6.92 Å². The third kappa shape index (κ3) is 4.24. The minimum absolute atomic E-state index is 0.283. The lowest BCUT2D eigenvalue weighted by Crippen LogP contribution is -2.22. The van der Waals surface area contributed by atoms with Crippen LogP contribution in [0.5, 0.6) is 0 Å². The van der Waals surface area contributed by atoms with Gasteiger partial charge in [-0.15, -0.1) is 0 Å². The van der Waals surface area contributed by atoms with Crippen molar-refractivity contribution in [2.75, 3.05) is 11.9 Å². The Bertz CT molecular complexity index is 1160. The topological polar surface area (TPSA) is 111 Å². The quantitative estimate of drug-likeness (QED) is 0.373. The van der Waals surface area contributed by atoms with Crippen LogP contribution < -0.4 is 5.32 Å². The number of ether oxygens (including phenoxy) is 1. The molecule has 0 spiro atoms. The van der Waals surface area contributed by atoms with Crippen molar-refractivity contribution >= 4 is 34.2 Å². The van der Waals surface area contributed by atoms with Crippen LogP contribution >= 0.6 is 0 Å². The number of fused-ring (bicyclic) bond motifs is 1. The number of para-hydroxylation sites is 1. The summed E-state index contributed by atoms with van der Waals surface area (Å²) in [6.45, 7) is 2.94. The Morgan fingerprint density at radius 1 is 1.23 bits per heavy atom. The van der Waals surface area contributed by atoms with Crippen LogP contribution in [0.15, 0.2) is 42.5 Å². The van der Waals surface area contributed by atoms with E-state index in [1.807, 2.05) is 31.2 Å². The number of halogens is 1. The third-order valence-corrected chi connectivity index (χ3v) is 4.54. The number of benzene rings is 2. The maximum Gasteiger partial charge on any atom is 0.340 e. The number of carbonyl (C=O) groups is 2. The van der Waals surface area contributed by atoms with E-state index in [2.05, 4.69) is 10.3 Å². The van der Waals surface area contributed by atoms with Gasteiger partial charge in [0.15, 0.2) is 6.61 Å². The molecule has 1 heterocycles. The standard InChI is InChI=1S/C21H18FN3O5/c1-3-16-20(12(2)14-6-4-5-7-17(14)23-16)21(27)30-11-19(26)24-18-10-13(25(28)29)8-9-15(18)22/h4-10H,3,11H2,1-2H3,(H,24,26). The fraction of sp³-hybridized carbons (Fsp3) is 0.190. The van der Waals surface area contributed by atoms with Crippen molar-refractivity contribution in [3.05, 3.63) is 75.2 Å². The molecule has 3 aromatic rings. The minimum Gasteiger partial charge on any atom is -0.452 e. The zero-order chi connectivity index (χ0) is 21.8. The van der Waals surface area contributed by atoms with Crippen molar-refractivity contribution in [1.82, 2.24) is 4.98 Å². The molecule has 3 rings (SSSR count).